The lowest BCUT2D eigenvalue weighted by Crippen LogP contribution is -2.50. The van der Waals surface area contributed by atoms with Crippen LogP contribution in [-0.4, -0.2) is 28.8 Å². The van der Waals surface area contributed by atoms with Gasteiger partial charge in [0.05, 0.1) is 6.61 Å². The predicted octanol–water partition coefficient (Wildman–Crippen LogP) is 4.85. The molecule has 4 rings (SSSR count). The van der Waals surface area contributed by atoms with Crippen LogP contribution in [0.2, 0.25) is 0 Å². The molecule has 8 heteroatoms. The Balaban J connectivity index is 1.49. The first-order valence-corrected chi connectivity index (χ1v) is 13.5. The zero-order chi connectivity index (χ0) is 28.3. The third-order valence-corrected chi connectivity index (χ3v) is 6.96. The van der Waals surface area contributed by atoms with E-state index in [2.05, 4.69) is 15.8 Å². The number of rotatable bonds is 13. The lowest BCUT2D eigenvalue weighted by Gasteiger charge is -2.24. The summed E-state index contributed by atoms with van der Waals surface area (Å²) < 4.78 is 5.60. The van der Waals surface area contributed by atoms with Crippen LogP contribution in [0.15, 0.2) is 91.1 Å². The zero-order valence-electron chi connectivity index (χ0n) is 22.8. The van der Waals surface area contributed by atoms with Gasteiger partial charge in [-0.3, -0.25) is 14.4 Å². The number of carbonyl (C=O) groups is 3. The molecule has 0 saturated heterocycles. The van der Waals surface area contributed by atoms with Crippen LogP contribution in [-0.2, 0) is 43.6 Å². The molecule has 3 atom stereocenters. The fourth-order valence-electron chi connectivity index (χ4n) is 4.50. The topological polar surface area (TPSA) is 110 Å². The Morgan fingerprint density at radius 3 is 2.12 bits per heavy atom. The van der Waals surface area contributed by atoms with Gasteiger partial charge in [-0.2, -0.15) is 0 Å². The van der Waals surface area contributed by atoms with Crippen molar-refractivity contribution in [1.82, 2.24) is 15.8 Å². The van der Waals surface area contributed by atoms with Gasteiger partial charge in [-0.1, -0.05) is 99.1 Å². The van der Waals surface area contributed by atoms with Crippen LogP contribution in [0.5, 0.6) is 0 Å². The molecule has 4 aromatic rings. The quantitative estimate of drug-likeness (QED) is 0.127. The van der Waals surface area contributed by atoms with Crippen LogP contribution in [0.1, 0.15) is 37.0 Å². The molecule has 3 N–H and O–H groups in total. The standard InChI is InChI=1S/C32H35N3O5/c1-3-22(2)29(31(37)35-40-21-24-14-8-5-9-15-24)30(36)34-28(32(38)39-20-23-12-6-4-7-13-23)18-25-19-33-27-17-11-10-16-26(25)27/h4-17,19,22,28-29,33H,3,18,20-21H2,1-2H3,(H,34,36)(H,35,37)/t22?,28-,29+/m0/s1. The molecule has 0 aliphatic rings. The third-order valence-electron chi connectivity index (χ3n) is 6.96. The Kier molecular flexibility index (Phi) is 10.1. The van der Waals surface area contributed by atoms with Crippen molar-refractivity contribution in [3.8, 4) is 0 Å². The molecule has 2 amide bonds. The van der Waals surface area contributed by atoms with E-state index in [1.165, 1.54) is 0 Å². The van der Waals surface area contributed by atoms with Crippen molar-refractivity contribution in [1.29, 1.82) is 0 Å². The minimum atomic E-state index is -1.06. The second kappa shape index (κ2) is 14.1. The normalized spacial score (nSPS) is 13.2. The summed E-state index contributed by atoms with van der Waals surface area (Å²) in [4.78, 5) is 48.6. The molecule has 0 radical (unpaired) electrons. The number of aromatic amines is 1. The second-order valence-corrected chi connectivity index (χ2v) is 9.82. The van der Waals surface area contributed by atoms with E-state index in [1.807, 2.05) is 105 Å². The van der Waals surface area contributed by atoms with E-state index >= 15 is 0 Å². The van der Waals surface area contributed by atoms with Gasteiger partial charge in [0.25, 0.3) is 5.91 Å². The molecule has 0 aliphatic carbocycles. The van der Waals surface area contributed by atoms with Gasteiger partial charge in [-0.15, -0.1) is 0 Å². The maximum absolute atomic E-state index is 13.6. The number of hydrogen-bond acceptors (Lipinski definition) is 5. The molecular weight excluding hydrogens is 506 g/mol. The van der Waals surface area contributed by atoms with Crippen molar-refractivity contribution in [2.75, 3.05) is 0 Å². The van der Waals surface area contributed by atoms with Crippen molar-refractivity contribution < 1.29 is 24.0 Å². The molecule has 0 saturated carbocycles. The molecule has 3 aromatic carbocycles. The summed E-state index contributed by atoms with van der Waals surface area (Å²) in [5, 5.41) is 3.76. The maximum Gasteiger partial charge on any atom is 0.329 e. The first-order valence-electron chi connectivity index (χ1n) is 13.5. The Hall–Kier alpha value is -4.43. The fourth-order valence-corrected chi connectivity index (χ4v) is 4.50. The molecule has 208 valence electrons. The van der Waals surface area contributed by atoms with Crippen molar-refractivity contribution >= 4 is 28.7 Å². The first-order chi connectivity index (χ1) is 19.5. The molecule has 40 heavy (non-hydrogen) atoms. The molecule has 0 fully saturated rings. The van der Waals surface area contributed by atoms with Crippen molar-refractivity contribution in [2.24, 2.45) is 11.8 Å². The Morgan fingerprint density at radius 1 is 0.825 bits per heavy atom. The van der Waals surface area contributed by atoms with Gasteiger partial charge in [0.2, 0.25) is 5.91 Å². The van der Waals surface area contributed by atoms with Gasteiger partial charge in [0, 0.05) is 23.5 Å². The molecule has 1 aromatic heterocycles. The summed E-state index contributed by atoms with van der Waals surface area (Å²) in [6.07, 6.45) is 2.60. The van der Waals surface area contributed by atoms with E-state index in [9.17, 15) is 14.4 Å². The van der Waals surface area contributed by atoms with E-state index in [-0.39, 0.29) is 25.6 Å². The number of fused-ring (bicyclic) bond motifs is 1. The molecule has 0 aliphatic heterocycles. The number of benzene rings is 3. The highest BCUT2D eigenvalue weighted by atomic mass is 16.6. The van der Waals surface area contributed by atoms with Gasteiger partial charge in [0.15, 0.2) is 0 Å². The van der Waals surface area contributed by atoms with E-state index in [0.29, 0.717) is 6.42 Å². The number of para-hydroxylation sites is 1. The number of H-pyrrole nitrogens is 1. The number of hydroxylamine groups is 1. The average molecular weight is 542 g/mol. The van der Waals surface area contributed by atoms with Crippen LogP contribution >= 0.6 is 0 Å². The summed E-state index contributed by atoms with van der Waals surface area (Å²) >= 11 is 0. The molecule has 0 spiro atoms. The largest absolute Gasteiger partial charge is 0.459 e. The first kappa shape index (κ1) is 28.6. The number of amides is 2. The number of esters is 1. The highest BCUT2D eigenvalue weighted by Crippen LogP contribution is 2.21. The summed E-state index contributed by atoms with van der Waals surface area (Å²) in [5.74, 6) is -3.06. The summed E-state index contributed by atoms with van der Waals surface area (Å²) in [5.41, 5.74) is 5.92. The fraction of sp³-hybridized carbons (Fsp3) is 0.281. The van der Waals surface area contributed by atoms with E-state index in [0.717, 1.165) is 27.6 Å². The maximum atomic E-state index is 13.6. The van der Waals surface area contributed by atoms with Crippen LogP contribution in [0.3, 0.4) is 0 Å². The minimum absolute atomic E-state index is 0.0720. The Morgan fingerprint density at radius 2 is 1.45 bits per heavy atom. The SMILES string of the molecule is CCC(C)[C@@H](C(=O)NOCc1ccccc1)C(=O)N[C@@H](Cc1c[nH]c2ccccc12)C(=O)OCc1ccccc1. The van der Waals surface area contributed by atoms with Gasteiger partial charge in [-0.25, -0.2) is 10.3 Å². The Labute approximate surface area is 234 Å². The van der Waals surface area contributed by atoms with E-state index in [4.69, 9.17) is 9.57 Å². The lowest BCUT2D eigenvalue weighted by atomic mass is 9.90. The monoisotopic (exact) mass is 541 g/mol. The van der Waals surface area contributed by atoms with Crippen LogP contribution in [0, 0.1) is 11.8 Å². The number of hydrogen-bond donors (Lipinski definition) is 3. The smallest absolute Gasteiger partial charge is 0.329 e. The van der Waals surface area contributed by atoms with E-state index in [1.54, 1.807) is 0 Å². The van der Waals surface area contributed by atoms with Crippen molar-refractivity contribution in [3.63, 3.8) is 0 Å². The van der Waals surface area contributed by atoms with Crippen LogP contribution in [0.25, 0.3) is 10.9 Å². The summed E-state index contributed by atoms with van der Waals surface area (Å²) in [6.45, 7) is 3.96. The van der Waals surface area contributed by atoms with Crippen LogP contribution < -0.4 is 10.8 Å². The lowest BCUT2D eigenvalue weighted by molar-refractivity contribution is -0.152. The van der Waals surface area contributed by atoms with E-state index < -0.39 is 29.7 Å². The number of ether oxygens (including phenoxy) is 1. The molecular formula is C32H35N3O5. The minimum Gasteiger partial charge on any atom is -0.459 e. The summed E-state index contributed by atoms with van der Waals surface area (Å²) in [7, 11) is 0. The highest BCUT2D eigenvalue weighted by Gasteiger charge is 2.35. The second-order valence-electron chi connectivity index (χ2n) is 9.82. The average Bonchev–Trinajstić information content (AvgIpc) is 3.39. The van der Waals surface area contributed by atoms with Crippen LogP contribution in [0.4, 0.5) is 0 Å². The third kappa shape index (κ3) is 7.57. The molecule has 0 bridgehead atoms. The predicted molar refractivity (Wildman–Crippen MR) is 152 cm³/mol. The molecule has 8 nitrogen and oxygen atoms in total. The Bertz CT molecular complexity index is 1400. The highest BCUT2D eigenvalue weighted by molar-refractivity contribution is 6.01. The molecule has 1 heterocycles. The molecule has 1 unspecified atom stereocenters. The van der Waals surface area contributed by atoms with Gasteiger partial charge in [-0.05, 0) is 28.7 Å². The van der Waals surface area contributed by atoms with Gasteiger partial charge < -0.3 is 15.0 Å². The summed E-state index contributed by atoms with van der Waals surface area (Å²) in [6, 6.07) is 25.5. The van der Waals surface area contributed by atoms with Crippen molar-refractivity contribution in [3.05, 3.63) is 108 Å². The van der Waals surface area contributed by atoms with Gasteiger partial charge >= 0.3 is 5.97 Å². The zero-order valence-corrected chi connectivity index (χ0v) is 22.8. The van der Waals surface area contributed by atoms with Gasteiger partial charge in [0.1, 0.15) is 18.6 Å². The number of carbonyl (C=O) groups excluding carboxylic acids is 3. The number of nitrogens with one attached hydrogen (secondary N) is 3. The number of aromatic nitrogens is 1. The van der Waals surface area contributed by atoms with Crippen molar-refractivity contribution in [2.45, 2.75) is 45.9 Å².